The first-order chi connectivity index (χ1) is 12.8. The minimum atomic E-state index is -0.994. The SMILES string of the molecule is O=C(O)CCN(CCC(=O)O)c1ccc2c(c1)N(CCC(=O)O)CCC2=O. The summed E-state index contributed by atoms with van der Waals surface area (Å²) in [5, 5.41) is 26.8. The molecule has 0 fully saturated rings. The van der Waals surface area contributed by atoms with Crippen LogP contribution < -0.4 is 9.80 Å². The van der Waals surface area contributed by atoms with Crippen LogP contribution in [0.15, 0.2) is 18.2 Å². The van der Waals surface area contributed by atoms with Gasteiger partial charge in [0.25, 0.3) is 0 Å². The van der Waals surface area contributed by atoms with Crippen molar-refractivity contribution in [2.24, 2.45) is 0 Å². The van der Waals surface area contributed by atoms with Crippen LogP contribution in [-0.4, -0.2) is 65.2 Å². The Hall–Kier alpha value is -3.10. The third-order valence-electron chi connectivity index (χ3n) is 4.38. The highest BCUT2D eigenvalue weighted by Gasteiger charge is 2.24. The van der Waals surface area contributed by atoms with Crippen LogP contribution in [0.3, 0.4) is 0 Å². The number of hydrogen-bond acceptors (Lipinski definition) is 6. The molecule has 0 radical (unpaired) electrons. The Kier molecular flexibility index (Phi) is 6.75. The highest BCUT2D eigenvalue weighted by Crippen LogP contribution is 2.32. The molecule has 1 heterocycles. The van der Waals surface area contributed by atoms with Crippen molar-refractivity contribution < 1.29 is 34.5 Å². The lowest BCUT2D eigenvalue weighted by molar-refractivity contribution is -0.137. The topological polar surface area (TPSA) is 135 Å². The Balaban J connectivity index is 2.30. The Labute approximate surface area is 155 Å². The van der Waals surface area contributed by atoms with Gasteiger partial charge in [0.05, 0.1) is 19.3 Å². The minimum Gasteiger partial charge on any atom is -0.481 e. The number of fused-ring (bicyclic) bond motifs is 1. The van der Waals surface area contributed by atoms with Crippen molar-refractivity contribution in [1.82, 2.24) is 0 Å². The van der Waals surface area contributed by atoms with Crippen LogP contribution in [0, 0.1) is 0 Å². The number of anilines is 2. The third kappa shape index (κ3) is 5.70. The fraction of sp³-hybridized carbons (Fsp3) is 0.444. The Morgan fingerprint density at radius 2 is 1.56 bits per heavy atom. The van der Waals surface area contributed by atoms with E-state index in [-0.39, 0.29) is 44.7 Å². The van der Waals surface area contributed by atoms with Crippen molar-refractivity contribution in [3.05, 3.63) is 23.8 Å². The van der Waals surface area contributed by atoms with Crippen LogP contribution in [-0.2, 0) is 14.4 Å². The summed E-state index contributed by atoms with van der Waals surface area (Å²) in [5.74, 6) is -2.96. The van der Waals surface area contributed by atoms with E-state index in [1.165, 1.54) is 0 Å². The number of rotatable bonds is 10. The summed E-state index contributed by atoms with van der Waals surface area (Å²) in [6.45, 7) is 0.922. The normalized spacial score (nSPS) is 13.2. The lowest BCUT2D eigenvalue weighted by Crippen LogP contribution is -2.34. The van der Waals surface area contributed by atoms with E-state index in [9.17, 15) is 19.2 Å². The number of aliphatic carboxylic acids is 3. The summed E-state index contributed by atoms with van der Waals surface area (Å²) in [5.41, 5.74) is 1.69. The van der Waals surface area contributed by atoms with Gasteiger partial charge in [-0.2, -0.15) is 0 Å². The predicted octanol–water partition coefficient (Wildman–Crippen LogP) is 1.31. The molecule has 0 saturated heterocycles. The molecule has 9 heteroatoms. The summed E-state index contributed by atoms with van der Waals surface area (Å²) in [6, 6.07) is 5.01. The molecule has 1 aliphatic rings. The molecule has 9 nitrogen and oxygen atoms in total. The van der Waals surface area contributed by atoms with Gasteiger partial charge in [0.15, 0.2) is 5.78 Å². The zero-order valence-corrected chi connectivity index (χ0v) is 14.8. The monoisotopic (exact) mass is 378 g/mol. The minimum absolute atomic E-state index is 0.0363. The smallest absolute Gasteiger partial charge is 0.305 e. The molecule has 0 unspecified atom stereocenters. The van der Waals surface area contributed by atoms with Gasteiger partial charge in [-0.15, -0.1) is 0 Å². The van der Waals surface area contributed by atoms with Gasteiger partial charge in [-0.1, -0.05) is 0 Å². The predicted molar refractivity (Wildman–Crippen MR) is 96.6 cm³/mol. The zero-order chi connectivity index (χ0) is 20.0. The summed E-state index contributed by atoms with van der Waals surface area (Å²) < 4.78 is 0. The highest BCUT2D eigenvalue weighted by atomic mass is 16.4. The average molecular weight is 378 g/mol. The summed E-state index contributed by atoms with van der Waals surface area (Å²) in [7, 11) is 0. The largest absolute Gasteiger partial charge is 0.481 e. The molecule has 2 rings (SSSR count). The Morgan fingerprint density at radius 3 is 2.11 bits per heavy atom. The molecule has 0 spiro atoms. The molecule has 27 heavy (non-hydrogen) atoms. The van der Waals surface area contributed by atoms with Gasteiger partial charge in [0.1, 0.15) is 0 Å². The molecular formula is C18H22N2O7. The first kappa shape index (κ1) is 20.2. The molecule has 0 aliphatic carbocycles. The number of Topliss-reactive ketones (excluding diaryl/α,β-unsaturated/α-hetero) is 1. The van der Waals surface area contributed by atoms with Crippen molar-refractivity contribution in [1.29, 1.82) is 0 Å². The lowest BCUT2D eigenvalue weighted by Gasteiger charge is -2.32. The number of carboxylic acids is 3. The average Bonchev–Trinajstić information content (AvgIpc) is 2.60. The molecular weight excluding hydrogens is 356 g/mol. The Morgan fingerprint density at radius 1 is 0.963 bits per heavy atom. The van der Waals surface area contributed by atoms with Crippen molar-refractivity contribution in [3.63, 3.8) is 0 Å². The van der Waals surface area contributed by atoms with Crippen molar-refractivity contribution in [2.45, 2.75) is 25.7 Å². The van der Waals surface area contributed by atoms with Crippen molar-refractivity contribution in [2.75, 3.05) is 36.0 Å². The molecule has 1 aliphatic heterocycles. The number of benzene rings is 1. The van der Waals surface area contributed by atoms with Gasteiger partial charge in [-0.3, -0.25) is 19.2 Å². The summed E-state index contributed by atoms with van der Waals surface area (Å²) in [4.78, 5) is 48.3. The van der Waals surface area contributed by atoms with Crippen LogP contribution in [0.4, 0.5) is 11.4 Å². The maximum absolute atomic E-state index is 12.2. The molecule has 0 bridgehead atoms. The van der Waals surface area contributed by atoms with Crippen molar-refractivity contribution in [3.8, 4) is 0 Å². The second-order valence-electron chi connectivity index (χ2n) is 6.28. The number of hydrogen-bond donors (Lipinski definition) is 3. The van der Waals surface area contributed by atoms with Crippen LogP contribution in [0.5, 0.6) is 0 Å². The number of carboxylic acid groups (broad SMARTS) is 3. The maximum atomic E-state index is 12.2. The van der Waals surface area contributed by atoms with Crippen LogP contribution in [0.25, 0.3) is 0 Å². The number of carbonyl (C=O) groups excluding carboxylic acids is 1. The van der Waals surface area contributed by atoms with E-state index >= 15 is 0 Å². The second kappa shape index (κ2) is 9.02. The van der Waals surface area contributed by atoms with E-state index in [0.29, 0.717) is 29.9 Å². The number of ketones is 1. The molecule has 146 valence electrons. The first-order valence-corrected chi connectivity index (χ1v) is 8.60. The molecule has 1 aromatic carbocycles. The van der Waals surface area contributed by atoms with Gasteiger partial charge in [-0.05, 0) is 18.2 Å². The maximum Gasteiger partial charge on any atom is 0.305 e. The number of nitrogens with zero attached hydrogens (tertiary/aromatic N) is 2. The zero-order valence-electron chi connectivity index (χ0n) is 14.8. The fourth-order valence-corrected chi connectivity index (χ4v) is 3.00. The first-order valence-electron chi connectivity index (χ1n) is 8.60. The molecule has 3 N–H and O–H groups in total. The van der Waals surface area contributed by atoms with Gasteiger partial charge in [-0.25, -0.2) is 0 Å². The van der Waals surface area contributed by atoms with Crippen molar-refractivity contribution >= 4 is 35.1 Å². The van der Waals surface area contributed by atoms with Gasteiger partial charge in [0, 0.05) is 49.5 Å². The second-order valence-corrected chi connectivity index (χ2v) is 6.28. The lowest BCUT2D eigenvalue weighted by atomic mass is 9.99. The fourth-order valence-electron chi connectivity index (χ4n) is 3.00. The highest BCUT2D eigenvalue weighted by molar-refractivity contribution is 6.04. The van der Waals surface area contributed by atoms with Gasteiger partial charge in [0.2, 0.25) is 0 Å². The standard InChI is InChI=1S/C18H22N2O7/c21-15-3-7-20(10-6-18(26)27)14-11-12(1-2-13(14)15)19(8-4-16(22)23)9-5-17(24)25/h1-2,11H,3-10H2,(H,22,23)(H,24,25)(H,26,27). The molecule has 0 aromatic heterocycles. The van der Waals surface area contributed by atoms with Crippen LogP contribution in [0.2, 0.25) is 0 Å². The van der Waals surface area contributed by atoms with Gasteiger partial charge >= 0.3 is 17.9 Å². The quantitative estimate of drug-likeness (QED) is 0.550. The van der Waals surface area contributed by atoms with E-state index in [4.69, 9.17) is 15.3 Å². The van der Waals surface area contributed by atoms with E-state index in [1.807, 2.05) is 4.90 Å². The van der Waals surface area contributed by atoms with Crippen LogP contribution >= 0.6 is 0 Å². The van der Waals surface area contributed by atoms with Crippen LogP contribution in [0.1, 0.15) is 36.0 Å². The van der Waals surface area contributed by atoms with Gasteiger partial charge < -0.3 is 25.1 Å². The van der Waals surface area contributed by atoms with E-state index in [2.05, 4.69) is 0 Å². The summed E-state index contributed by atoms with van der Waals surface area (Å²) in [6.07, 6.45) is -0.0793. The van der Waals surface area contributed by atoms with E-state index in [0.717, 1.165) is 0 Å². The van der Waals surface area contributed by atoms with E-state index in [1.54, 1.807) is 23.1 Å². The summed E-state index contributed by atoms with van der Waals surface area (Å²) >= 11 is 0. The molecule has 1 aromatic rings. The van der Waals surface area contributed by atoms with E-state index < -0.39 is 17.9 Å². The molecule has 0 atom stereocenters. The molecule has 0 saturated carbocycles. The third-order valence-corrected chi connectivity index (χ3v) is 4.38. The Bertz CT molecular complexity index is 729. The molecule has 0 amide bonds. The number of carbonyl (C=O) groups is 4.